The molecule has 0 aliphatic carbocycles. The number of rotatable bonds is 4. The maximum absolute atomic E-state index is 12.0. The van der Waals surface area contributed by atoms with Crippen molar-refractivity contribution in [3.8, 4) is 0 Å². The number of sulfone groups is 1. The summed E-state index contributed by atoms with van der Waals surface area (Å²) in [5.74, 6) is 0.0344. The van der Waals surface area contributed by atoms with Crippen molar-refractivity contribution < 1.29 is 8.42 Å². The van der Waals surface area contributed by atoms with Crippen molar-refractivity contribution in [1.29, 1.82) is 0 Å². The SMILES string of the molecule is O=S(=O)(Cc1ccc(Cl)cc1)Cc1ccc(Cl)s1. The molecule has 96 valence electrons. The lowest BCUT2D eigenvalue weighted by atomic mass is 10.2. The van der Waals surface area contributed by atoms with Crippen LogP contribution in [0.5, 0.6) is 0 Å². The monoisotopic (exact) mass is 320 g/mol. The first kappa shape index (κ1) is 13.9. The van der Waals surface area contributed by atoms with Crippen molar-refractivity contribution in [1.82, 2.24) is 0 Å². The van der Waals surface area contributed by atoms with Gasteiger partial charge in [-0.1, -0.05) is 35.3 Å². The molecular formula is C12H10Cl2O2S2. The van der Waals surface area contributed by atoms with Crippen LogP contribution in [0.1, 0.15) is 10.4 Å². The molecule has 6 heteroatoms. The average molecular weight is 321 g/mol. The Labute approximate surface area is 120 Å². The van der Waals surface area contributed by atoms with Gasteiger partial charge in [0.2, 0.25) is 0 Å². The van der Waals surface area contributed by atoms with Crippen LogP contribution in [0.2, 0.25) is 9.36 Å². The molecule has 0 fully saturated rings. The standard InChI is InChI=1S/C12H10Cl2O2S2/c13-10-3-1-9(2-4-10)7-18(15,16)8-11-5-6-12(14)17-11/h1-6H,7-8H2. The van der Waals surface area contributed by atoms with E-state index in [4.69, 9.17) is 23.2 Å². The Hall–Kier alpha value is -0.550. The Kier molecular flexibility index (Phi) is 4.33. The topological polar surface area (TPSA) is 34.1 Å². The van der Waals surface area contributed by atoms with Crippen LogP contribution in [0, 0.1) is 0 Å². The molecular weight excluding hydrogens is 311 g/mol. The van der Waals surface area contributed by atoms with Crippen molar-refractivity contribution in [3.05, 3.63) is 56.2 Å². The second kappa shape index (κ2) is 5.61. The smallest absolute Gasteiger partial charge is 0.159 e. The van der Waals surface area contributed by atoms with Crippen LogP contribution in [-0.2, 0) is 21.3 Å². The number of hydrogen-bond acceptors (Lipinski definition) is 3. The third kappa shape index (κ3) is 3.99. The molecule has 0 saturated heterocycles. The molecule has 0 unspecified atom stereocenters. The molecule has 0 spiro atoms. The third-order valence-corrected chi connectivity index (χ3v) is 5.48. The van der Waals surface area contributed by atoms with Crippen molar-refractivity contribution >= 4 is 44.4 Å². The van der Waals surface area contributed by atoms with Gasteiger partial charge in [-0.3, -0.25) is 0 Å². The van der Waals surface area contributed by atoms with Crippen molar-refractivity contribution in [2.45, 2.75) is 11.5 Å². The Morgan fingerprint density at radius 1 is 0.944 bits per heavy atom. The van der Waals surface area contributed by atoms with Gasteiger partial charge < -0.3 is 0 Å². The third-order valence-electron chi connectivity index (χ3n) is 2.29. The van der Waals surface area contributed by atoms with Gasteiger partial charge in [0.15, 0.2) is 9.84 Å². The van der Waals surface area contributed by atoms with Gasteiger partial charge in [-0.15, -0.1) is 11.3 Å². The first-order valence-electron chi connectivity index (χ1n) is 5.14. The Bertz CT molecular complexity index is 630. The highest BCUT2D eigenvalue weighted by Crippen LogP contribution is 2.24. The van der Waals surface area contributed by atoms with E-state index in [2.05, 4.69) is 0 Å². The van der Waals surface area contributed by atoms with Crippen molar-refractivity contribution in [2.75, 3.05) is 0 Å². The minimum atomic E-state index is -3.18. The second-order valence-corrected chi connectivity index (χ2v) is 8.17. The maximum Gasteiger partial charge on any atom is 0.159 e. The highest BCUT2D eigenvalue weighted by Gasteiger charge is 2.14. The van der Waals surface area contributed by atoms with Gasteiger partial charge in [0, 0.05) is 9.90 Å². The van der Waals surface area contributed by atoms with Gasteiger partial charge in [-0.25, -0.2) is 8.42 Å². The molecule has 1 aromatic heterocycles. The summed E-state index contributed by atoms with van der Waals surface area (Å²) in [4.78, 5) is 0.758. The normalized spacial score (nSPS) is 11.7. The lowest BCUT2D eigenvalue weighted by Gasteiger charge is -2.03. The minimum absolute atomic E-state index is 0.0136. The summed E-state index contributed by atoms with van der Waals surface area (Å²) in [7, 11) is -3.18. The summed E-state index contributed by atoms with van der Waals surface area (Å²) in [6.07, 6.45) is 0. The number of hydrogen-bond donors (Lipinski definition) is 0. The van der Waals surface area contributed by atoms with E-state index in [1.54, 1.807) is 36.4 Å². The highest BCUT2D eigenvalue weighted by atomic mass is 35.5. The fourth-order valence-electron chi connectivity index (χ4n) is 1.53. The number of thiophene rings is 1. The van der Waals surface area contributed by atoms with Gasteiger partial charge >= 0.3 is 0 Å². The van der Waals surface area contributed by atoms with E-state index in [1.807, 2.05) is 0 Å². The van der Waals surface area contributed by atoms with E-state index < -0.39 is 9.84 Å². The predicted molar refractivity (Wildman–Crippen MR) is 77.1 cm³/mol. The predicted octanol–water partition coefficient (Wildman–Crippen LogP) is 4.17. The Balaban J connectivity index is 2.10. The maximum atomic E-state index is 12.0. The largest absolute Gasteiger partial charge is 0.228 e. The van der Waals surface area contributed by atoms with Gasteiger partial charge in [0.25, 0.3) is 0 Å². The fourth-order valence-corrected chi connectivity index (χ4v) is 4.65. The van der Waals surface area contributed by atoms with Crippen LogP contribution in [0.25, 0.3) is 0 Å². The minimum Gasteiger partial charge on any atom is -0.228 e. The van der Waals surface area contributed by atoms with E-state index in [0.717, 1.165) is 10.4 Å². The second-order valence-electron chi connectivity index (χ2n) is 3.86. The summed E-state index contributed by atoms with van der Waals surface area (Å²) >= 11 is 12.8. The van der Waals surface area contributed by atoms with Crippen LogP contribution in [-0.4, -0.2) is 8.42 Å². The zero-order chi connectivity index (χ0) is 13.2. The summed E-state index contributed by atoms with van der Waals surface area (Å²) in [5.41, 5.74) is 0.738. The Morgan fingerprint density at radius 2 is 1.61 bits per heavy atom. The fraction of sp³-hybridized carbons (Fsp3) is 0.167. The van der Waals surface area contributed by atoms with E-state index in [-0.39, 0.29) is 11.5 Å². The van der Waals surface area contributed by atoms with Gasteiger partial charge in [-0.2, -0.15) is 0 Å². The molecule has 2 aromatic rings. The van der Waals surface area contributed by atoms with E-state index in [0.29, 0.717) is 9.36 Å². The summed E-state index contributed by atoms with van der Waals surface area (Å²) in [6, 6.07) is 10.3. The first-order chi connectivity index (χ1) is 8.44. The van der Waals surface area contributed by atoms with Crippen LogP contribution >= 0.6 is 34.5 Å². The summed E-state index contributed by atoms with van der Waals surface area (Å²) in [5, 5.41) is 0.598. The first-order valence-corrected chi connectivity index (χ1v) is 8.53. The molecule has 0 N–H and O–H groups in total. The number of halogens is 2. The molecule has 0 radical (unpaired) electrons. The Morgan fingerprint density at radius 3 is 2.17 bits per heavy atom. The van der Waals surface area contributed by atoms with Crippen molar-refractivity contribution in [2.24, 2.45) is 0 Å². The zero-order valence-corrected chi connectivity index (χ0v) is 12.4. The van der Waals surface area contributed by atoms with Gasteiger partial charge in [0.05, 0.1) is 15.8 Å². The highest BCUT2D eigenvalue weighted by molar-refractivity contribution is 7.90. The lowest BCUT2D eigenvalue weighted by molar-refractivity contribution is 0.595. The lowest BCUT2D eigenvalue weighted by Crippen LogP contribution is -2.06. The molecule has 2 rings (SSSR count). The van der Waals surface area contributed by atoms with Crippen LogP contribution in [0.3, 0.4) is 0 Å². The van der Waals surface area contributed by atoms with Gasteiger partial charge in [-0.05, 0) is 29.8 Å². The molecule has 0 aliphatic rings. The molecule has 0 saturated carbocycles. The van der Waals surface area contributed by atoms with E-state index >= 15 is 0 Å². The average Bonchev–Trinajstić information content (AvgIpc) is 2.66. The van der Waals surface area contributed by atoms with Crippen LogP contribution in [0.4, 0.5) is 0 Å². The molecule has 0 aliphatic heterocycles. The molecule has 2 nitrogen and oxygen atoms in total. The van der Waals surface area contributed by atoms with Crippen molar-refractivity contribution in [3.63, 3.8) is 0 Å². The zero-order valence-electron chi connectivity index (χ0n) is 9.27. The number of benzene rings is 1. The van der Waals surface area contributed by atoms with Crippen LogP contribution < -0.4 is 0 Å². The molecule has 18 heavy (non-hydrogen) atoms. The van der Waals surface area contributed by atoms with E-state index in [1.165, 1.54) is 11.3 Å². The molecule has 0 atom stereocenters. The summed E-state index contributed by atoms with van der Waals surface area (Å²) < 4.78 is 24.6. The quantitative estimate of drug-likeness (QED) is 0.847. The molecule has 0 amide bonds. The molecule has 1 heterocycles. The summed E-state index contributed by atoms with van der Waals surface area (Å²) in [6.45, 7) is 0. The van der Waals surface area contributed by atoms with Crippen LogP contribution in [0.15, 0.2) is 36.4 Å². The molecule has 0 bridgehead atoms. The molecule has 1 aromatic carbocycles. The van der Waals surface area contributed by atoms with E-state index in [9.17, 15) is 8.42 Å². The van der Waals surface area contributed by atoms with Gasteiger partial charge in [0.1, 0.15) is 0 Å².